The van der Waals surface area contributed by atoms with Crippen LogP contribution in [0, 0.1) is 12.3 Å². The number of aliphatic imine (C=N–C) groups is 1. The lowest BCUT2D eigenvalue weighted by Gasteiger charge is -2.35. The van der Waals surface area contributed by atoms with E-state index in [0.29, 0.717) is 18.6 Å². The molecular weight excluding hydrogens is 339 g/mol. The van der Waals surface area contributed by atoms with Gasteiger partial charge in [0.1, 0.15) is 0 Å². The predicted molar refractivity (Wildman–Crippen MR) is 88.5 cm³/mol. The summed E-state index contributed by atoms with van der Waals surface area (Å²) in [6.07, 6.45) is 7.54. The van der Waals surface area contributed by atoms with Gasteiger partial charge >= 0.3 is 0 Å². The number of rotatable bonds is 3. The van der Waals surface area contributed by atoms with Crippen LogP contribution in [0.2, 0.25) is 0 Å². The van der Waals surface area contributed by atoms with Gasteiger partial charge in [-0.1, -0.05) is 5.92 Å². The highest BCUT2D eigenvalue weighted by atomic mass is 127. The van der Waals surface area contributed by atoms with Crippen molar-refractivity contribution in [2.75, 3.05) is 26.7 Å². The van der Waals surface area contributed by atoms with Crippen molar-refractivity contribution in [3.05, 3.63) is 0 Å². The van der Waals surface area contributed by atoms with E-state index in [9.17, 15) is 0 Å². The maximum atomic E-state index is 5.21. The molecule has 0 radical (unpaired) electrons. The van der Waals surface area contributed by atoms with Gasteiger partial charge in [-0.15, -0.1) is 30.4 Å². The van der Waals surface area contributed by atoms with Gasteiger partial charge < -0.3 is 15.5 Å². The van der Waals surface area contributed by atoms with E-state index in [4.69, 9.17) is 6.42 Å². The van der Waals surface area contributed by atoms with E-state index in [0.717, 1.165) is 31.9 Å². The highest BCUT2D eigenvalue weighted by Crippen LogP contribution is 2.12. The fourth-order valence-corrected chi connectivity index (χ4v) is 2.08. The fourth-order valence-electron chi connectivity index (χ4n) is 2.08. The topological polar surface area (TPSA) is 39.7 Å². The first-order valence-corrected chi connectivity index (χ1v) is 6.32. The molecule has 2 N–H and O–H groups in total. The number of piperidine rings is 1. The Balaban J connectivity index is 0.00000289. The molecule has 0 aromatic carbocycles. The van der Waals surface area contributed by atoms with Crippen LogP contribution in [0.5, 0.6) is 0 Å². The van der Waals surface area contributed by atoms with Crippen LogP contribution >= 0.6 is 24.0 Å². The molecule has 1 saturated heterocycles. The van der Waals surface area contributed by atoms with Crippen LogP contribution in [-0.4, -0.2) is 49.6 Å². The summed E-state index contributed by atoms with van der Waals surface area (Å²) in [5.74, 6) is 3.36. The van der Waals surface area contributed by atoms with Gasteiger partial charge in [0.2, 0.25) is 0 Å². The minimum atomic E-state index is 0. The molecule has 1 aliphatic rings. The van der Waals surface area contributed by atoms with Crippen molar-refractivity contribution in [2.24, 2.45) is 4.99 Å². The van der Waals surface area contributed by atoms with Crippen molar-refractivity contribution in [3.63, 3.8) is 0 Å². The standard InChI is InChI=1S/C13H24N4.HI/c1-5-8-15-13(14-4)16-12-6-9-17(10-7-12)11(2)3;/h1,11-12H,6-10H2,2-4H3,(H2,14,15,16);1H. The van der Waals surface area contributed by atoms with Gasteiger partial charge in [0.05, 0.1) is 6.54 Å². The number of guanidine groups is 1. The number of hydrogen-bond acceptors (Lipinski definition) is 2. The zero-order valence-electron chi connectivity index (χ0n) is 11.6. The molecule has 0 amide bonds. The molecule has 0 atom stereocenters. The van der Waals surface area contributed by atoms with E-state index >= 15 is 0 Å². The first-order valence-electron chi connectivity index (χ1n) is 6.32. The summed E-state index contributed by atoms with van der Waals surface area (Å²) in [6.45, 7) is 7.33. The van der Waals surface area contributed by atoms with E-state index < -0.39 is 0 Å². The van der Waals surface area contributed by atoms with Crippen LogP contribution in [0.25, 0.3) is 0 Å². The third kappa shape index (κ3) is 5.91. The lowest BCUT2D eigenvalue weighted by molar-refractivity contribution is 0.167. The van der Waals surface area contributed by atoms with Crippen LogP contribution in [-0.2, 0) is 0 Å². The number of nitrogens with one attached hydrogen (secondary N) is 2. The van der Waals surface area contributed by atoms with Crippen LogP contribution in [0.3, 0.4) is 0 Å². The Hall–Kier alpha value is -0.480. The smallest absolute Gasteiger partial charge is 0.191 e. The zero-order chi connectivity index (χ0) is 12.7. The summed E-state index contributed by atoms with van der Waals surface area (Å²) in [6, 6.07) is 1.16. The summed E-state index contributed by atoms with van der Waals surface area (Å²) >= 11 is 0. The fraction of sp³-hybridized carbons (Fsp3) is 0.769. The van der Waals surface area contributed by atoms with Gasteiger partial charge in [-0.05, 0) is 26.7 Å². The maximum absolute atomic E-state index is 5.21. The summed E-state index contributed by atoms with van der Waals surface area (Å²) < 4.78 is 0. The van der Waals surface area contributed by atoms with E-state index in [1.807, 2.05) is 0 Å². The van der Waals surface area contributed by atoms with E-state index in [2.05, 4.69) is 40.3 Å². The molecule has 1 aliphatic heterocycles. The van der Waals surface area contributed by atoms with Gasteiger partial charge in [-0.2, -0.15) is 0 Å². The number of hydrogen-bond donors (Lipinski definition) is 2. The second-order valence-electron chi connectivity index (χ2n) is 4.68. The van der Waals surface area contributed by atoms with Crippen molar-refractivity contribution >= 4 is 29.9 Å². The average Bonchev–Trinajstić information content (AvgIpc) is 2.35. The minimum absolute atomic E-state index is 0. The van der Waals surface area contributed by atoms with Crippen LogP contribution in [0.4, 0.5) is 0 Å². The van der Waals surface area contributed by atoms with Crippen molar-refractivity contribution in [1.82, 2.24) is 15.5 Å². The lowest BCUT2D eigenvalue weighted by Crippen LogP contribution is -2.49. The average molecular weight is 364 g/mol. The quantitative estimate of drug-likeness (QED) is 0.343. The second-order valence-corrected chi connectivity index (χ2v) is 4.68. The molecule has 18 heavy (non-hydrogen) atoms. The van der Waals surface area contributed by atoms with Crippen molar-refractivity contribution in [1.29, 1.82) is 0 Å². The second kappa shape index (κ2) is 9.45. The van der Waals surface area contributed by atoms with Crippen molar-refractivity contribution in [2.45, 2.75) is 38.8 Å². The highest BCUT2D eigenvalue weighted by molar-refractivity contribution is 14.0. The molecule has 104 valence electrons. The Morgan fingerprint density at radius 1 is 1.44 bits per heavy atom. The molecule has 1 heterocycles. The predicted octanol–water partition coefficient (Wildman–Crippen LogP) is 1.28. The monoisotopic (exact) mass is 364 g/mol. The molecule has 0 unspecified atom stereocenters. The van der Waals surface area contributed by atoms with Crippen LogP contribution < -0.4 is 10.6 Å². The Morgan fingerprint density at radius 2 is 2.06 bits per heavy atom. The third-order valence-electron chi connectivity index (χ3n) is 3.18. The van der Waals surface area contributed by atoms with Crippen LogP contribution in [0.1, 0.15) is 26.7 Å². The van der Waals surface area contributed by atoms with E-state index in [1.165, 1.54) is 0 Å². The SMILES string of the molecule is C#CCNC(=NC)NC1CCN(C(C)C)CC1.I. The van der Waals surface area contributed by atoms with Crippen molar-refractivity contribution < 1.29 is 0 Å². The Labute approximate surface area is 128 Å². The largest absolute Gasteiger partial charge is 0.354 e. The molecule has 0 aromatic heterocycles. The van der Waals surface area contributed by atoms with Gasteiger partial charge in [-0.25, -0.2) is 0 Å². The molecule has 5 heteroatoms. The minimum Gasteiger partial charge on any atom is -0.354 e. The van der Waals surface area contributed by atoms with Gasteiger partial charge in [-0.3, -0.25) is 4.99 Å². The Morgan fingerprint density at radius 3 is 2.50 bits per heavy atom. The molecule has 0 aliphatic carbocycles. The number of halogens is 1. The van der Waals surface area contributed by atoms with E-state index in [-0.39, 0.29) is 24.0 Å². The number of nitrogens with zero attached hydrogens (tertiary/aromatic N) is 2. The first-order chi connectivity index (χ1) is 8.17. The van der Waals surface area contributed by atoms with Gasteiger partial charge in [0, 0.05) is 32.2 Å². The van der Waals surface area contributed by atoms with Crippen molar-refractivity contribution in [3.8, 4) is 12.3 Å². The third-order valence-corrected chi connectivity index (χ3v) is 3.18. The van der Waals surface area contributed by atoms with E-state index in [1.54, 1.807) is 7.05 Å². The summed E-state index contributed by atoms with van der Waals surface area (Å²) in [5, 5.41) is 6.51. The number of terminal acetylenes is 1. The molecule has 0 bridgehead atoms. The molecule has 1 rings (SSSR count). The molecule has 0 aromatic rings. The molecule has 1 fully saturated rings. The molecule has 0 spiro atoms. The zero-order valence-corrected chi connectivity index (χ0v) is 13.9. The first kappa shape index (κ1) is 17.5. The normalized spacial score (nSPS) is 18.1. The van der Waals surface area contributed by atoms with Crippen LogP contribution in [0.15, 0.2) is 4.99 Å². The Kier molecular flexibility index (Phi) is 9.20. The van der Waals surface area contributed by atoms with Gasteiger partial charge in [0.25, 0.3) is 0 Å². The number of likely N-dealkylation sites (tertiary alicyclic amines) is 1. The maximum Gasteiger partial charge on any atom is 0.191 e. The summed E-state index contributed by atoms with van der Waals surface area (Å²) in [5.41, 5.74) is 0. The highest BCUT2D eigenvalue weighted by Gasteiger charge is 2.21. The molecular formula is C13H25IN4. The summed E-state index contributed by atoms with van der Waals surface area (Å²) in [7, 11) is 1.77. The molecule has 4 nitrogen and oxygen atoms in total. The summed E-state index contributed by atoms with van der Waals surface area (Å²) in [4.78, 5) is 6.67. The Bertz CT molecular complexity index is 288. The lowest BCUT2D eigenvalue weighted by atomic mass is 10.0. The molecule has 0 saturated carbocycles. The van der Waals surface area contributed by atoms with Gasteiger partial charge in [0.15, 0.2) is 5.96 Å².